The molecule has 1 saturated heterocycles. The van der Waals surface area contributed by atoms with Crippen LogP contribution < -0.4 is 5.32 Å². The zero-order valence-corrected chi connectivity index (χ0v) is 20.4. The third-order valence-electron chi connectivity index (χ3n) is 5.37. The number of thioether (sulfide) groups is 1. The lowest BCUT2D eigenvalue weighted by Crippen LogP contribution is -2.42. The summed E-state index contributed by atoms with van der Waals surface area (Å²) in [5.74, 6) is -2.47. The highest BCUT2D eigenvalue weighted by Crippen LogP contribution is 2.33. The predicted octanol–water partition coefficient (Wildman–Crippen LogP) is 5.53. The molecule has 3 aromatic rings. The van der Waals surface area contributed by atoms with Gasteiger partial charge in [-0.2, -0.15) is 13.1 Å². The highest BCUT2D eigenvalue weighted by Gasteiger charge is 2.32. The first kappa shape index (κ1) is 24.1. The van der Waals surface area contributed by atoms with E-state index in [0.29, 0.717) is 45.1 Å². The summed E-state index contributed by atoms with van der Waals surface area (Å²) in [4.78, 5) is 17.6. The summed E-state index contributed by atoms with van der Waals surface area (Å²) in [5.41, 5.74) is 0.779. The van der Waals surface area contributed by atoms with Gasteiger partial charge in [0.25, 0.3) is 11.7 Å². The van der Waals surface area contributed by atoms with Gasteiger partial charge in [-0.25, -0.2) is 13.4 Å². The Morgan fingerprint density at radius 1 is 1.18 bits per heavy atom. The van der Waals surface area contributed by atoms with Crippen molar-refractivity contribution in [3.63, 3.8) is 0 Å². The number of halogens is 2. The van der Waals surface area contributed by atoms with E-state index in [1.54, 1.807) is 30.3 Å². The maximum absolute atomic E-state index is 13.2. The second-order valence-corrected chi connectivity index (χ2v) is 12.3. The minimum atomic E-state index is -3.72. The lowest BCUT2D eigenvalue weighted by Gasteiger charge is -2.34. The molecule has 1 fully saturated rings. The molecule has 1 amide bonds. The fourth-order valence-corrected chi connectivity index (χ4v) is 7.29. The molecule has 1 aliphatic heterocycles. The third-order valence-corrected chi connectivity index (χ3v) is 8.84. The first-order valence-corrected chi connectivity index (χ1v) is 13.5. The number of nitrogens with one attached hydrogen (secondary N) is 1. The molecule has 2 heterocycles. The molecule has 176 valence electrons. The van der Waals surface area contributed by atoms with Crippen molar-refractivity contribution in [3.05, 3.63) is 48.0 Å². The maximum Gasteiger partial charge on any atom is 0.288 e. The normalized spacial score (nSPS) is 19.8. The number of hydrogen-bond donors (Lipinski definition) is 1. The summed E-state index contributed by atoms with van der Waals surface area (Å²) in [6.07, 6.45) is 0.985. The van der Waals surface area contributed by atoms with E-state index in [-0.39, 0.29) is 22.3 Å². The summed E-state index contributed by atoms with van der Waals surface area (Å²) < 4.78 is 53.7. The topological polar surface area (TPSA) is 79.4 Å². The number of carbonyl (C=O) groups is 1. The molecule has 11 heteroatoms. The van der Waals surface area contributed by atoms with Gasteiger partial charge < -0.3 is 0 Å². The van der Waals surface area contributed by atoms with E-state index in [4.69, 9.17) is 0 Å². The van der Waals surface area contributed by atoms with Gasteiger partial charge in [-0.3, -0.25) is 10.1 Å². The molecule has 1 N–H and O–H groups in total. The molecule has 0 aliphatic carbocycles. The molecular weight excluding hydrogens is 488 g/mol. The minimum Gasteiger partial charge on any atom is -0.298 e. The summed E-state index contributed by atoms with van der Waals surface area (Å²) in [6.45, 7) is 4.99. The summed E-state index contributed by atoms with van der Waals surface area (Å²) >= 11 is 1.61. The second kappa shape index (κ2) is 9.65. The number of aromatic nitrogens is 1. The minimum absolute atomic E-state index is 0.0782. The molecule has 0 spiro atoms. The van der Waals surface area contributed by atoms with E-state index in [1.165, 1.54) is 27.8 Å². The fourth-order valence-electron chi connectivity index (χ4n) is 4.05. The standard InChI is InChI=1S/C22H23F2N3O3S3/c1-13-8-14(2)12-27(11-13)33(29,30)17-5-3-4-15(9-17)20(28)26-22-25-18-7-6-16(31-21(23)24)10-19(18)32-22/h3-7,9-10,13-14,21H,8,11-12H2,1-2H3,(H,25,26,28). The number of fused-ring (bicyclic) bond motifs is 1. The van der Waals surface area contributed by atoms with Crippen molar-refractivity contribution in [1.82, 2.24) is 9.29 Å². The quantitative estimate of drug-likeness (QED) is 0.440. The molecule has 6 nitrogen and oxygen atoms in total. The van der Waals surface area contributed by atoms with Crippen molar-refractivity contribution < 1.29 is 22.0 Å². The molecule has 2 unspecified atom stereocenters. The maximum atomic E-state index is 13.2. The number of rotatable bonds is 6. The fraction of sp³-hybridized carbons (Fsp3) is 0.364. The van der Waals surface area contributed by atoms with Gasteiger partial charge in [0, 0.05) is 23.5 Å². The lowest BCUT2D eigenvalue weighted by molar-refractivity contribution is 0.102. The molecular formula is C22H23F2N3O3S3. The van der Waals surface area contributed by atoms with E-state index in [9.17, 15) is 22.0 Å². The van der Waals surface area contributed by atoms with Crippen molar-refractivity contribution in [2.45, 2.75) is 35.8 Å². The largest absolute Gasteiger partial charge is 0.298 e. The average Bonchev–Trinajstić information content (AvgIpc) is 3.14. The number of amides is 1. The Bertz CT molecular complexity index is 1270. The predicted molar refractivity (Wildman–Crippen MR) is 128 cm³/mol. The number of hydrogen-bond acceptors (Lipinski definition) is 6. The number of nitrogens with zero attached hydrogens (tertiary/aromatic N) is 2. The molecule has 33 heavy (non-hydrogen) atoms. The van der Waals surface area contributed by atoms with Crippen LogP contribution >= 0.6 is 23.1 Å². The van der Waals surface area contributed by atoms with E-state index in [0.717, 1.165) is 6.42 Å². The highest BCUT2D eigenvalue weighted by molar-refractivity contribution is 7.99. The number of carbonyl (C=O) groups excluding carboxylic acids is 1. The van der Waals surface area contributed by atoms with Crippen LogP contribution in [0, 0.1) is 11.8 Å². The third kappa shape index (κ3) is 5.53. The molecule has 0 saturated carbocycles. The first-order chi connectivity index (χ1) is 15.6. The Balaban J connectivity index is 1.53. The molecule has 2 atom stereocenters. The zero-order chi connectivity index (χ0) is 23.8. The van der Waals surface area contributed by atoms with Gasteiger partial charge in [0.15, 0.2) is 5.13 Å². The van der Waals surface area contributed by atoms with E-state index in [2.05, 4.69) is 10.3 Å². The van der Waals surface area contributed by atoms with Crippen LogP contribution in [-0.4, -0.2) is 42.5 Å². The van der Waals surface area contributed by atoms with Crippen LogP contribution in [0.25, 0.3) is 10.2 Å². The van der Waals surface area contributed by atoms with Crippen LogP contribution in [-0.2, 0) is 10.0 Å². The number of sulfonamides is 1. The molecule has 0 bridgehead atoms. The van der Waals surface area contributed by atoms with Crippen molar-refractivity contribution in [3.8, 4) is 0 Å². The van der Waals surface area contributed by atoms with Gasteiger partial charge in [0.1, 0.15) is 0 Å². The Kier molecular flexibility index (Phi) is 7.04. The van der Waals surface area contributed by atoms with Crippen LogP contribution in [0.5, 0.6) is 0 Å². The Labute approximate surface area is 199 Å². The Morgan fingerprint density at radius 2 is 1.91 bits per heavy atom. The Morgan fingerprint density at radius 3 is 2.61 bits per heavy atom. The smallest absolute Gasteiger partial charge is 0.288 e. The monoisotopic (exact) mass is 511 g/mol. The van der Waals surface area contributed by atoms with Gasteiger partial charge >= 0.3 is 0 Å². The number of benzene rings is 2. The molecule has 0 radical (unpaired) electrons. The van der Waals surface area contributed by atoms with Crippen molar-refractivity contribution in [2.75, 3.05) is 18.4 Å². The van der Waals surface area contributed by atoms with Gasteiger partial charge in [0.2, 0.25) is 10.0 Å². The molecule has 1 aromatic heterocycles. The van der Waals surface area contributed by atoms with Crippen LogP contribution in [0.15, 0.2) is 52.3 Å². The van der Waals surface area contributed by atoms with E-state index in [1.807, 2.05) is 13.8 Å². The average molecular weight is 512 g/mol. The summed E-state index contributed by atoms with van der Waals surface area (Å²) in [7, 11) is -3.72. The summed E-state index contributed by atoms with van der Waals surface area (Å²) in [5, 5.41) is 2.99. The number of anilines is 1. The van der Waals surface area contributed by atoms with Gasteiger partial charge in [0.05, 0.1) is 15.1 Å². The van der Waals surface area contributed by atoms with Crippen molar-refractivity contribution in [1.29, 1.82) is 0 Å². The molecule has 1 aliphatic rings. The Hall–Kier alpha value is -2.08. The van der Waals surface area contributed by atoms with Gasteiger partial charge in [-0.1, -0.05) is 43.0 Å². The van der Waals surface area contributed by atoms with Crippen LogP contribution in [0.4, 0.5) is 13.9 Å². The molecule has 2 aromatic carbocycles. The number of piperidine rings is 1. The zero-order valence-electron chi connectivity index (χ0n) is 18.0. The van der Waals surface area contributed by atoms with Crippen molar-refractivity contribution >= 4 is 54.4 Å². The molecule has 4 rings (SSSR count). The van der Waals surface area contributed by atoms with Crippen LogP contribution in [0.2, 0.25) is 0 Å². The van der Waals surface area contributed by atoms with Gasteiger partial charge in [-0.05, 0) is 54.7 Å². The van der Waals surface area contributed by atoms with Gasteiger partial charge in [-0.15, -0.1) is 0 Å². The van der Waals surface area contributed by atoms with Crippen LogP contribution in [0.3, 0.4) is 0 Å². The number of thiazole rings is 1. The van der Waals surface area contributed by atoms with E-state index < -0.39 is 21.7 Å². The SMILES string of the molecule is CC1CC(C)CN(S(=O)(=O)c2cccc(C(=O)Nc3nc4ccc(SC(F)F)cc4s3)c2)C1. The lowest BCUT2D eigenvalue weighted by atomic mass is 9.94. The first-order valence-electron chi connectivity index (χ1n) is 10.4. The summed E-state index contributed by atoms with van der Waals surface area (Å²) in [6, 6.07) is 10.7. The second-order valence-electron chi connectivity index (χ2n) is 8.28. The van der Waals surface area contributed by atoms with E-state index >= 15 is 0 Å². The number of alkyl halides is 2. The van der Waals surface area contributed by atoms with Crippen molar-refractivity contribution in [2.24, 2.45) is 11.8 Å². The highest BCUT2D eigenvalue weighted by atomic mass is 32.2. The van der Waals surface area contributed by atoms with Crippen LogP contribution in [0.1, 0.15) is 30.6 Å².